The Morgan fingerprint density at radius 1 is 1.50 bits per heavy atom. The third kappa shape index (κ3) is 4.27. The Morgan fingerprint density at radius 3 is 2.70 bits per heavy atom. The molecule has 7 nitrogen and oxygen atoms in total. The number of hydrogen-bond acceptors (Lipinski definition) is 5. The molecule has 4 N–H and O–H groups in total. The molecule has 1 unspecified atom stereocenters. The quantitative estimate of drug-likeness (QED) is 0.620. The van der Waals surface area contributed by atoms with E-state index < -0.39 is 22.0 Å². The lowest BCUT2D eigenvalue weighted by molar-refractivity contribution is 0.0679. The number of amides is 1. The Morgan fingerprint density at radius 2 is 2.15 bits per heavy atom. The smallest absolute Gasteiger partial charge is 0.249 e. The molecule has 1 aromatic rings. The number of hydrogen-bond donors (Lipinski definition) is 3. The lowest BCUT2D eigenvalue weighted by Crippen LogP contribution is -2.34. The number of carbonyl (C=O) groups excluding carboxylic acids is 1. The van der Waals surface area contributed by atoms with Gasteiger partial charge in [-0.1, -0.05) is 6.07 Å². The van der Waals surface area contributed by atoms with Crippen molar-refractivity contribution in [3.8, 4) is 0 Å². The molecule has 0 aliphatic rings. The van der Waals surface area contributed by atoms with Crippen molar-refractivity contribution < 1.29 is 23.1 Å². The summed E-state index contributed by atoms with van der Waals surface area (Å²) in [5.74, 6) is -0.695. The molecule has 0 saturated heterocycles. The number of aryl methyl sites for hydroxylation is 1. The second-order valence-electron chi connectivity index (χ2n) is 4.30. The summed E-state index contributed by atoms with van der Waals surface area (Å²) in [6.07, 6.45) is -0.948. The SMILES string of the molecule is COCC(O)CNS(=O)(=O)c1ccc(C)c(C(N)=O)c1. The van der Waals surface area contributed by atoms with Crippen LogP contribution in [0.2, 0.25) is 0 Å². The molecule has 0 radical (unpaired) electrons. The van der Waals surface area contributed by atoms with Crippen LogP contribution in [0.3, 0.4) is 0 Å². The minimum atomic E-state index is -3.82. The average molecular weight is 302 g/mol. The highest BCUT2D eigenvalue weighted by Crippen LogP contribution is 2.15. The molecule has 1 atom stereocenters. The molecule has 0 aliphatic heterocycles. The molecule has 8 heteroatoms. The second-order valence-corrected chi connectivity index (χ2v) is 6.07. The summed E-state index contributed by atoms with van der Waals surface area (Å²) in [5.41, 5.74) is 5.92. The lowest BCUT2D eigenvalue weighted by Gasteiger charge is -2.12. The number of ether oxygens (including phenoxy) is 1. The van der Waals surface area contributed by atoms with Crippen LogP contribution in [0.15, 0.2) is 23.1 Å². The molecule has 0 fully saturated rings. The van der Waals surface area contributed by atoms with E-state index in [0.29, 0.717) is 5.56 Å². The van der Waals surface area contributed by atoms with Crippen LogP contribution in [0.1, 0.15) is 15.9 Å². The van der Waals surface area contributed by atoms with E-state index in [1.165, 1.54) is 25.3 Å². The minimum absolute atomic E-state index is 0.0168. The zero-order valence-corrected chi connectivity index (χ0v) is 12.1. The van der Waals surface area contributed by atoms with Gasteiger partial charge < -0.3 is 15.6 Å². The number of sulfonamides is 1. The largest absolute Gasteiger partial charge is 0.389 e. The highest BCUT2D eigenvalue weighted by atomic mass is 32.2. The van der Waals surface area contributed by atoms with Gasteiger partial charge in [-0.15, -0.1) is 0 Å². The van der Waals surface area contributed by atoms with E-state index in [9.17, 15) is 18.3 Å². The van der Waals surface area contributed by atoms with Crippen LogP contribution in [-0.2, 0) is 14.8 Å². The second kappa shape index (κ2) is 6.80. The van der Waals surface area contributed by atoms with Crippen molar-refractivity contribution >= 4 is 15.9 Å². The van der Waals surface area contributed by atoms with Gasteiger partial charge in [-0.2, -0.15) is 0 Å². The fraction of sp³-hybridized carbons (Fsp3) is 0.417. The van der Waals surface area contributed by atoms with Crippen LogP contribution >= 0.6 is 0 Å². The Kier molecular flexibility index (Phi) is 5.63. The summed E-state index contributed by atoms with van der Waals surface area (Å²) in [4.78, 5) is 11.1. The topological polar surface area (TPSA) is 119 Å². The molecule has 0 spiro atoms. The van der Waals surface area contributed by atoms with Gasteiger partial charge in [0.05, 0.1) is 17.6 Å². The molecule has 0 bridgehead atoms. The summed E-state index contributed by atoms with van der Waals surface area (Å²) in [6, 6.07) is 4.08. The van der Waals surface area contributed by atoms with Crippen LogP contribution in [0, 0.1) is 6.92 Å². The van der Waals surface area contributed by atoms with Crippen molar-refractivity contribution in [2.45, 2.75) is 17.9 Å². The first-order valence-electron chi connectivity index (χ1n) is 5.85. The van der Waals surface area contributed by atoms with Crippen molar-refractivity contribution in [1.29, 1.82) is 0 Å². The molecule has 0 aliphatic carbocycles. The van der Waals surface area contributed by atoms with Gasteiger partial charge in [0, 0.05) is 19.2 Å². The third-order valence-corrected chi connectivity index (χ3v) is 4.07. The van der Waals surface area contributed by atoms with Crippen molar-refractivity contribution in [2.75, 3.05) is 20.3 Å². The molecule has 0 saturated carbocycles. The van der Waals surface area contributed by atoms with Gasteiger partial charge in [0.2, 0.25) is 15.9 Å². The fourth-order valence-electron chi connectivity index (χ4n) is 1.57. The minimum Gasteiger partial charge on any atom is -0.389 e. The first kappa shape index (κ1) is 16.6. The van der Waals surface area contributed by atoms with E-state index in [-0.39, 0.29) is 23.6 Å². The predicted octanol–water partition coefficient (Wildman–Crippen LogP) is -0.620. The Labute approximate surface area is 117 Å². The Balaban J connectivity index is 2.93. The van der Waals surface area contributed by atoms with Crippen LogP contribution < -0.4 is 10.5 Å². The zero-order valence-electron chi connectivity index (χ0n) is 11.3. The maximum atomic E-state index is 12.0. The molecular weight excluding hydrogens is 284 g/mol. The summed E-state index contributed by atoms with van der Waals surface area (Å²) in [5, 5.41) is 9.42. The molecule has 0 heterocycles. The van der Waals surface area contributed by atoms with Gasteiger partial charge in [0.1, 0.15) is 0 Å². The summed E-state index contributed by atoms with van der Waals surface area (Å²) < 4.78 is 31.0. The Hall–Kier alpha value is -1.48. The highest BCUT2D eigenvalue weighted by molar-refractivity contribution is 7.89. The van der Waals surface area contributed by atoms with Gasteiger partial charge in [0.25, 0.3) is 0 Å². The van der Waals surface area contributed by atoms with Crippen molar-refractivity contribution in [1.82, 2.24) is 4.72 Å². The normalized spacial score (nSPS) is 13.2. The number of carbonyl (C=O) groups is 1. The van der Waals surface area contributed by atoms with Gasteiger partial charge in [0.15, 0.2) is 0 Å². The number of rotatable bonds is 7. The summed E-state index contributed by atoms with van der Waals surface area (Å²) in [6.45, 7) is 1.49. The number of nitrogens with two attached hydrogens (primary N) is 1. The third-order valence-electron chi connectivity index (χ3n) is 2.65. The summed E-state index contributed by atoms with van der Waals surface area (Å²) in [7, 11) is -2.42. The predicted molar refractivity (Wildman–Crippen MR) is 72.8 cm³/mol. The van der Waals surface area contributed by atoms with Crippen molar-refractivity contribution in [2.24, 2.45) is 5.73 Å². The molecule has 1 aromatic carbocycles. The maximum absolute atomic E-state index is 12.0. The van der Waals surface area contributed by atoms with E-state index in [4.69, 9.17) is 10.5 Å². The summed E-state index contributed by atoms with van der Waals surface area (Å²) >= 11 is 0. The van der Waals surface area contributed by atoms with E-state index in [2.05, 4.69) is 4.72 Å². The van der Waals surface area contributed by atoms with Crippen LogP contribution in [-0.4, -0.2) is 45.8 Å². The molecule has 1 rings (SSSR count). The highest BCUT2D eigenvalue weighted by Gasteiger charge is 2.18. The zero-order chi connectivity index (χ0) is 15.3. The van der Waals surface area contributed by atoms with Gasteiger partial charge >= 0.3 is 0 Å². The van der Waals surface area contributed by atoms with Crippen molar-refractivity contribution in [3.05, 3.63) is 29.3 Å². The number of aliphatic hydroxyl groups is 1. The van der Waals surface area contributed by atoms with Gasteiger partial charge in [-0.05, 0) is 24.6 Å². The van der Waals surface area contributed by atoms with E-state index in [1.54, 1.807) is 6.92 Å². The lowest BCUT2D eigenvalue weighted by atomic mass is 10.1. The van der Waals surface area contributed by atoms with Crippen LogP contribution in [0.25, 0.3) is 0 Å². The fourth-order valence-corrected chi connectivity index (χ4v) is 2.67. The maximum Gasteiger partial charge on any atom is 0.249 e. The van der Waals surface area contributed by atoms with Crippen molar-refractivity contribution in [3.63, 3.8) is 0 Å². The number of aliphatic hydroxyl groups excluding tert-OH is 1. The first-order chi connectivity index (χ1) is 9.27. The molecule has 112 valence electrons. The monoisotopic (exact) mass is 302 g/mol. The molecule has 20 heavy (non-hydrogen) atoms. The molecule has 0 aromatic heterocycles. The molecule has 1 amide bonds. The first-order valence-corrected chi connectivity index (χ1v) is 7.33. The Bertz CT molecular complexity index is 586. The van der Waals surface area contributed by atoms with Gasteiger partial charge in [-0.25, -0.2) is 13.1 Å². The number of benzene rings is 1. The number of primary amides is 1. The number of nitrogens with one attached hydrogen (secondary N) is 1. The molecular formula is C12H18N2O5S. The van der Waals surface area contributed by atoms with E-state index in [1.807, 2.05) is 0 Å². The number of methoxy groups -OCH3 is 1. The average Bonchev–Trinajstić information content (AvgIpc) is 2.37. The van der Waals surface area contributed by atoms with E-state index >= 15 is 0 Å². The van der Waals surface area contributed by atoms with Gasteiger partial charge in [-0.3, -0.25) is 4.79 Å². The van der Waals surface area contributed by atoms with Crippen LogP contribution in [0.5, 0.6) is 0 Å². The van der Waals surface area contributed by atoms with Crippen LogP contribution in [0.4, 0.5) is 0 Å². The van der Waals surface area contributed by atoms with E-state index in [0.717, 1.165) is 0 Å². The standard InChI is InChI=1S/C12H18N2O5S/c1-8-3-4-10(5-11(8)12(13)16)20(17,18)14-6-9(15)7-19-2/h3-5,9,14-15H,6-7H2,1-2H3,(H2,13,16).